The van der Waals surface area contributed by atoms with Crippen molar-refractivity contribution in [2.75, 3.05) is 25.6 Å². The molecule has 0 bridgehead atoms. The summed E-state index contributed by atoms with van der Waals surface area (Å²) >= 11 is 1.62. The fourth-order valence-corrected chi connectivity index (χ4v) is 2.11. The van der Waals surface area contributed by atoms with E-state index in [0.29, 0.717) is 6.61 Å². The molecule has 2 aromatic heterocycles. The molecular weight excluding hydrogens is 224 g/mol. The Hall–Kier alpha value is -1.40. The van der Waals surface area contributed by atoms with E-state index in [1.165, 1.54) is 0 Å². The minimum atomic E-state index is 0.682. The third kappa shape index (κ3) is 2.59. The minimum Gasteiger partial charge on any atom is -0.383 e. The zero-order chi connectivity index (χ0) is 11.4. The van der Waals surface area contributed by atoms with Crippen LogP contribution in [0.15, 0.2) is 18.6 Å². The normalized spacial score (nSPS) is 10.6. The zero-order valence-corrected chi connectivity index (χ0v) is 10.1. The summed E-state index contributed by atoms with van der Waals surface area (Å²) in [6.07, 6.45) is 5.68. The molecule has 86 valence electrons. The van der Waals surface area contributed by atoms with Gasteiger partial charge in [-0.05, 0) is 0 Å². The molecule has 0 aromatic carbocycles. The number of hydrogen-bond acceptors (Lipinski definition) is 5. The van der Waals surface area contributed by atoms with Crippen molar-refractivity contribution in [3.05, 3.63) is 18.6 Å². The van der Waals surface area contributed by atoms with Crippen LogP contribution in [0.1, 0.15) is 0 Å². The van der Waals surface area contributed by atoms with Crippen LogP contribution in [0.5, 0.6) is 0 Å². The summed E-state index contributed by atoms with van der Waals surface area (Å²) in [5.41, 5.74) is 1.10. The lowest BCUT2D eigenvalue weighted by Crippen LogP contribution is -2.06. The van der Waals surface area contributed by atoms with Crippen molar-refractivity contribution in [3.63, 3.8) is 0 Å². The highest BCUT2D eigenvalue weighted by Crippen LogP contribution is 2.28. The molecule has 2 aromatic rings. The van der Waals surface area contributed by atoms with Gasteiger partial charge in [-0.3, -0.25) is 4.68 Å². The van der Waals surface area contributed by atoms with Crippen molar-refractivity contribution < 1.29 is 4.74 Å². The molecule has 0 aliphatic carbocycles. The van der Waals surface area contributed by atoms with Gasteiger partial charge in [0.15, 0.2) is 5.13 Å². The van der Waals surface area contributed by atoms with Crippen molar-refractivity contribution in [1.82, 2.24) is 14.8 Å². The van der Waals surface area contributed by atoms with Gasteiger partial charge < -0.3 is 10.1 Å². The van der Waals surface area contributed by atoms with Gasteiger partial charge in [-0.1, -0.05) is 11.3 Å². The Morgan fingerprint density at radius 2 is 2.38 bits per heavy atom. The summed E-state index contributed by atoms with van der Waals surface area (Å²) in [7, 11) is 3.59. The second-order valence-electron chi connectivity index (χ2n) is 3.35. The van der Waals surface area contributed by atoms with Gasteiger partial charge in [0.2, 0.25) is 0 Å². The molecule has 6 heteroatoms. The van der Waals surface area contributed by atoms with Crippen molar-refractivity contribution >= 4 is 16.5 Å². The lowest BCUT2D eigenvalue weighted by atomic mass is 10.3. The smallest absolute Gasteiger partial charge is 0.183 e. The van der Waals surface area contributed by atoms with E-state index in [1.807, 2.05) is 25.6 Å². The summed E-state index contributed by atoms with van der Waals surface area (Å²) in [4.78, 5) is 5.41. The van der Waals surface area contributed by atoms with Crippen LogP contribution >= 0.6 is 11.3 Å². The van der Waals surface area contributed by atoms with Gasteiger partial charge in [0, 0.05) is 38.7 Å². The van der Waals surface area contributed by atoms with E-state index in [9.17, 15) is 0 Å². The molecule has 2 heterocycles. The van der Waals surface area contributed by atoms with Crippen LogP contribution in [0.25, 0.3) is 10.4 Å². The van der Waals surface area contributed by atoms with E-state index < -0.39 is 0 Å². The van der Waals surface area contributed by atoms with Crippen LogP contribution in [-0.2, 0) is 11.8 Å². The van der Waals surface area contributed by atoms with Gasteiger partial charge >= 0.3 is 0 Å². The monoisotopic (exact) mass is 238 g/mol. The van der Waals surface area contributed by atoms with Crippen LogP contribution in [0.2, 0.25) is 0 Å². The standard InChI is InChI=1S/C10H14N4OS/c1-14-7-8(5-13-14)9-6-12-10(16-9)11-3-4-15-2/h5-7H,3-4H2,1-2H3,(H,11,12). The second kappa shape index (κ2) is 5.09. The molecule has 0 aliphatic heterocycles. The molecule has 0 radical (unpaired) electrons. The van der Waals surface area contributed by atoms with Crippen LogP contribution in [0, 0.1) is 0 Å². The van der Waals surface area contributed by atoms with Crippen molar-refractivity contribution in [1.29, 1.82) is 0 Å². The quantitative estimate of drug-likeness (QED) is 0.804. The summed E-state index contributed by atoms with van der Waals surface area (Å²) in [5, 5.41) is 8.24. The third-order valence-corrected chi connectivity index (χ3v) is 3.08. The maximum absolute atomic E-state index is 4.96. The Bertz CT molecular complexity index is 451. The molecule has 2 rings (SSSR count). The van der Waals surface area contributed by atoms with E-state index in [-0.39, 0.29) is 0 Å². The molecule has 0 saturated carbocycles. The summed E-state index contributed by atoms with van der Waals surface area (Å²) in [6, 6.07) is 0. The Kier molecular flexibility index (Phi) is 3.53. The predicted octanol–water partition coefficient (Wildman–Crippen LogP) is 1.60. The number of rotatable bonds is 5. The Morgan fingerprint density at radius 3 is 3.06 bits per heavy atom. The van der Waals surface area contributed by atoms with Gasteiger partial charge in [-0.2, -0.15) is 5.10 Å². The number of aromatic nitrogens is 3. The molecule has 1 N–H and O–H groups in total. The number of anilines is 1. The summed E-state index contributed by atoms with van der Waals surface area (Å²) in [6.45, 7) is 1.46. The molecule has 0 spiro atoms. The lowest BCUT2D eigenvalue weighted by Gasteiger charge is -1.99. The highest BCUT2D eigenvalue weighted by atomic mass is 32.1. The number of nitrogens with zero attached hydrogens (tertiary/aromatic N) is 3. The van der Waals surface area contributed by atoms with E-state index >= 15 is 0 Å². The Labute approximate surface area is 98.1 Å². The van der Waals surface area contributed by atoms with E-state index in [1.54, 1.807) is 23.1 Å². The molecule has 0 aliphatic rings. The maximum Gasteiger partial charge on any atom is 0.183 e. The SMILES string of the molecule is COCCNc1ncc(-c2cnn(C)c2)s1. The fourth-order valence-electron chi connectivity index (χ4n) is 1.30. The maximum atomic E-state index is 4.96. The average molecular weight is 238 g/mol. The fraction of sp³-hybridized carbons (Fsp3) is 0.400. The highest BCUT2D eigenvalue weighted by molar-refractivity contribution is 7.18. The molecule has 0 atom stereocenters. The van der Waals surface area contributed by atoms with Gasteiger partial charge in [0.05, 0.1) is 17.7 Å². The van der Waals surface area contributed by atoms with Crippen LogP contribution < -0.4 is 5.32 Å². The molecule has 16 heavy (non-hydrogen) atoms. The zero-order valence-electron chi connectivity index (χ0n) is 9.30. The van der Waals surface area contributed by atoms with Crippen molar-refractivity contribution in [3.8, 4) is 10.4 Å². The van der Waals surface area contributed by atoms with E-state index in [2.05, 4.69) is 15.4 Å². The average Bonchev–Trinajstić information content (AvgIpc) is 2.87. The van der Waals surface area contributed by atoms with Crippen LogP contribution in [-0.4, -0.2) is 35.0 Å². The first-order valence-corrected chi connectivity index (χ1v) is 5.79. The van der Waals surface area contributed by atoms with Crippen molar-refractivity contribution in [2.45, 2.75) is 0 Å². The van der Waals surface area contributed by atoms with Crippen LogP contribution in [0.4, 0.5) is 5.13 Å². The number of ether oxygens (including phenoxy) is 1. The summed E-state index contributed by atoms with van der Waals surface area (Å²) in [5.74, 6) is 0. The number of nitrogens with one attached hydrogen (secondary N) is 1. The first-order chi connectivity index (χ1) is 7.79. The first-order valence-electron chi connectivity index (χ1n) is 4.97. The minimum absolute atomic E-state index is 0.682. The van der Waals surface area contributed by atoms with Gasteiger partial charge in [-0.15, -0.1) is 0 Å². The molecular formula is C10H14N4OS. The van der Waals surface area contributed by atoms with E-state index in [0.717, 1.165) is 22.1 Å². The molecule has 0 fully saturated rings. The number of thiazole rings is 1. The number of aryl methyl sites for hydroxylation is 1. The largest absolute Gasteiger partial charge is 0.383 e. The van der Waals surface area contributed by atoms with Crippen LogP contribution in [0.3, 0.4) is 0 Å². The van der Waals surface area contributed by atoms with Gasteiger partial charge in [0.25, 0.3) is 0 Å². The Morgan fingerprint density at radius 1 is 1.50 bits per heavy atom. The Balaban J connectivity index is 2.02. The molecule has 5 nitrogen and oxygen atoms in total. The first kappa shape index (κ1) is 11.1. The summed E-state index contributed by atoms with van der Waals surface area (Å²) < 4.78 is 6.74. The number of methoxy groups -OCH3 is 1. The lowest BCUT2D eigenvalue weighted by molar-refractivity contribution is 0.211. The topological polar surface area (TPSA) is 52.0 Å². The van der Waals surface area contributed by atoms with Crippen molar-refractivity contribution in [2.24, 2.45) is 7.05 Å². The van der Waals surface area contributed by atoms with Gasteiger partial charge in [0.1, 0.15) is 0 Å². The molecule has 0 unspecified atom stereocenters. The molecule has 0 amide bonds. The van der Waals surface area contributed by atoms with E-state index in [4.69, 9.17) is 4.74 Å². The number of hydrogen-bond donors (Lipinski definition) is 1. The second-order valence-corrected chi connectivity index (χ2v) is 4.38. The highest BCUT2D eigenvalue weighted by Gasteiger charge is 2.05. The third-order valence-electron chi connectivity index (χ3n) is 2.08. The molecule has 0 saturated heterocycles. The van der Waals surface area contributed by atoms with Gasteiger partial charge in [-0.25, -0.2) is 4.98 Å². The predicted molar refractivity (Wildman–Crippen MR) is 64.7 cm³/mol.